The van der Waals surface area contributed by atoms with Crippen LogP contribution in [-0.2, 0) is 0 Å². The quantitative estimate of drug-likeness (QED) is 0.578. The lowest BCUT2D eigenvalue weighted by atomic mass is 9.75. The summed E-state index contributed by atoms with van der Waals surface area (Å²) in [6.07, 6.45) is 7.74. The van der Waals surface area contributed by atoms with Crippen LogP contribution in [0.4, 0.5) is 0 Å². The van der Waals surface area contributed by atoms with Crippen molar-refractivity contribution >= 4 is 0 Å². The van der Waals surface area contributed by atoms with E-state index >= 15 is 0 Å². The van der Waals surface area contributed by atoms with Gasteiger partial charge in [-0.3, -0.25) is 0 Å². The SMILES string of the molecule is CCCCC(C)(CCCC)CC(CO)N=O. The van der Waals surface area contributed by atoms with Crippen molar-refractivity contribution in [2.45, 2.75) is 71.8 Å². The van der Waals surface area contributed by atoms with Crippen LogP contribution in [0.5, 0.6) is 0 Å². The predicted molar refractivity (Wildman–Crippen MR) is 68.4 cm³/mol. The molecule has 0 rings (SSSR count). The summed E-state index contributed by atoms with van der Waals surface area (Å²) in [6, 6.07) is -0.418. The Labute approximate surface area is 99.6 Å². The Hall–Kier alpha value is -0.440. The molecule has 0 radical (unpaired) electrons. The molecule has 1 N–H and O–H groups in total. The predicted octanol–water partition coefficient (Wildman–Crippen LogP) is 3.89. The Morgan fingerprint density at radius 1 is 1.19 bits per heavy atom. The first-order valence-electron chi connectivity index (χ1n) is 6.55. The van der Waals surface area contributed by atoms with Crippen LogP contribution in [0.3, 0.4) is 0 Å². The van der Waals surface area contributed by atoms with Gasteiger partial charge in [-0.25, -0.2) is 0 Å². The van der Waals surface area contributed by atoms with Gasteiger partial charge < -0.3 is 5.11 Å². The van der Waals surface area contributed by atoms with Crippen LogP contribution in [0.2, 0.25) is 0 Å². The summed E-state index contributed by atoms with van der Waals surface area (Å²) in [6.45, 7) is 6.48. The number of hydrogen-bond acceptors (Lipinski definition) is 3. The zero-order chi connectivity index (χ0) is 12.4. The molecule has 0 fully saturated rings. The number of unbranched alkanes of at least 4 members (excludes halogenated alkanes) is 2. The topological polar surface area (TPSA) is 49.7 Å². The highest BCUT2D eigenvalue weighted by atomic mass is 16.3. The highest BCUT2D eigenvalue weighted by Crippen LogP contribution is 2.36. The van der Waals surface area contributed by atoms with Crippen molar-refractivity contribution in [3.05, 3.63) is 4.91 Å². The lowest BCUT2D eigenvalue weighted by Crippen LogP contribution is -2.25. The molecule has 1 atom stereocenters. The minimum absolute atomic E-state index is 0.114. The second kappa shape index (κ2) is 8.68. The van der Waals surface area contributed by atoms with Crippen molar-refractivity contribution in [1.29, 1.82) is 0 Å². The molecular formula is C13H27NO2. The highest BCUT2D eigenvalue weighted by Gasteiger charge is 2.27. The fourth-order valence-corrected chi connectivity index (χ4v) is 2.24. The van der Waals surface area contributed by atoms with E-state index < -0.39 is 6.04 Å². The van der Waals surface area contributed by atoms with Crippen molar-refractivity contribution < 1.29 is 5.11 Å². The molecule has 0 aromatic rings. The molecule has 0 aliphatic rings. The van der Waals surface area contributed by atoms with Gasteiger partial charge in [0.25, 0.3) is 0 Å². The van der Waals surface area contributed by atoms with Crippen LogP contribution >= 0.6 is 0 Å². The van der Waals surface area contributed by atoms with Gasteiger partial charge in [-0.15, -0.1) is 0 Å². The van der Waals surface area contributed by atoms with Crippen LogP contribution < -0.4 is 0 Å². The standard InChI is InChI=1S/C13H27NO2/c1-4-6-8-13(3,9-7-5-2)10-12(11-15)14-16/h12,15H,4-11H2,1-3H3. The van der Waals surface area contributed by atoms with Crippen LogP contribution in [0.15, 0.2) is 5.18 Å². The minimum Gasteiger partial charge on any atom is -0.394 e. The van der Waals surface area contributed by atoms with E-state index in [1.807, 2.05) is 0 Å². The maximum atomic E-state index is 10.6. The largest absolute Gasteiger partial charge is 0.394 e. The van der Waals surface area contributed by atoms with Crippen molar-refractivity contribution in [2.24, 2.45) is 10.6 Å². The van der Waals surface area contributed by atoms with E-state index in [1.54, 1.807) is 0 Å². The molecule has 0 heterocycles. The fraction of sp³-hybridized carbons (Fsp3) is 1.00. The minimum atomic E-state index is -0.418. The maximum Gasteiger partial charge on any atom is 0.115 e. The Morgan fingerprint density at radius 3 is 2.00 bits per heavy atom. The number of nitrogens with zero attached hydrogens (tertiary/aromatic N) is 1. The third-order valence-corrected chi connectivity index (χ3v) is 3.36. The Morgan fingerprint density at radius 2 is 1.69 bits per heavy atom. The van der Waals surface area contributed by atoms with Crippen LogP contribution in [0, 0.1) is 10.3 Å². The van der Waals surface area contributed by atoms with Crippen LogP contribution in [0.1, 0.15) is 65.7 Å². The molecule has 0 bridgehead atoms. The first-order chi connectivity index (χ1) is 7.61. The van der Waals surface area contributed by atoms with Gasteiger partial charge in [0.05, 0.1) is 6.61 Å². The molecule has 3 nitrogen and oxygen atoms in total. The molecule has 0 aliphatic heterocycles. The number of hydrogen-bond donors (Lipinski definition) is 1. The lowest BCUT2D eigenvalue weighted by Gasteiger charge is -2.31. The fourth-order valence-electron chi connectivity index (χ4n) is 2.24. The first-order valence-corrected chi connectivity index (χ1v) is 6.55. The second-order valence-electron chi connectivity index (χ2n) is 5.16. The van der Waals surface area contributed by atoms with Gasteiger partial charge >= 0.3 is 0 Å². The Balaban J connectivity index is 4.31. The summed E-state index contributed by atoms with van der Waals surface area (Å²) in [4.78, 5) is 10.6. The van der Waals surface area contributed by atoms with Crippen molar-refractivity contribution in [2.75, 3.05) is 6.61 Å². The van der Waals surface area contributed by atoms with E-state index in [9.17, 15) is 4.91 Å². The van der Waals surface area contributed by atoms with Gasteiger partial charge in [-0.2, -0.15) is 4.91 Å². The lowest BCUT2D eigenvalue weighted by molar-refractivity contribution is 0.176. The number of nitroso groups, excluding NO2 is 1. The average molecular weight is 229 g/mol. The second-order valence-corrected chi connectivity index (χ2v) is 5.16. The summed E-state index contributed by atoms with van der Waals surface area (Å²) in [5.41, 5.74) is 0.174. The van der Waals surface area contributed by atoms with Gasteiger partial charge in [0, 0.05) is 0 Å². The zero-order valence-corrected chi connectivity index (χ0v) is 11.0. The van der Waals surface area contributed by atoms with Crippen LogP contribution in [0.25, 0.3) is 0 Å². The Bertz CT molecular complexity index is 175. The molecular weight excluding hydrogens is 202 g/mol. The number of aliphatic hydroxyl groups excluding tert-OH is 1. The number of aliphatic hydroxyl groups is 1. The van der Waals surface area contributed by atoms with Gasteiger partial charge in [-0.05, 0) is 24.7 Å². The van der Waals surface area contributed by atoms with Crippen LogP contribution in [-0.4, -0.2) is 17.8 Å². The monoisotopic (exact) mass is 229 g/mol. The summed E-state index contributed by atoms with van der Waals surface area (Å²) in [7, 11) is 0. The summed E-state index contributed by atoms with van der Waals surface area (Å²) < 4.78 is 0. The first kappa shape index (κ1) is 15.6. The van der Waals surface area contributed by atoms with Gasteiger partial charge in [0.1, 0.15) is 6.04 Å². The molecule has 0 amide bonds. The normalized spacial score (nSPS) is 13.8. The molecule has 3 heteroatoms. The molecule has 0 spiro atoms. The molecule has 16 heavy (non-hydrogen) atoms. The third-order valence-electron chi connectivity index (χ3n) is 3.36. The molecule has 96 valence electrons. The smallest absolute Gasteiger partial charge is 0.115 e. The highest BCUT2D eigenvalue weighted by molar-refractivity contribution is 4.80. The van der Waals surface area contributed by atoms with Crippen molar-refractivity contribution in [3.63, 3.8) is 0 Å². The molecule has 0 saturated carbocycles. The van der Waals surface area contributed by atoms with E-state index in [1.165, 1.54) is 25.7 Å². The van der Waals surface area contributed by atoms with E-state index in [-0.39, 0.29) is 12.0 Å². The third kappa shape index (κ3) is 6.21. The zero-order valence-electron chi connectivity index (χ0n) is 11.0. The van der Waals surface area contributed by atoms with E-state index in [0.29, 0.717) is 0 Å². The van der Waals surface area contributed by atoms with Gasteiger partial charge in [-0.1, -0.05) is 51.6 Å². The van der Waals surface area contributed by atoms with Gasteiger partial charge in [0.2, 0.25) is 0 Å². The molecule has 0 aliphatic carbocycles. The summed E-state index contributed by atoms with van der Waals surface area (Å²) >= 11 is 0. The summed E-state index contributed by atoms with van der Waals surface area (Å²) in [5.74, 6) is 0. The molecule has 0 saturated heterocycles. The molecule has 1 unspecified atom stereocenters. The van der Waals surface area contributed by atoms with Crippen molar-refractivity contribution in [3.8, 4) is 0 Å². The summed E-state index contributed by atoms with van der Waals surface area (Å²) in [5, 5.41) is 12.1. The maximum absolute atomic E-state index is 10.6. The molecule has 0 aromatic carbocycles. The van der Waals surface area contributed by atoms with E-state index in [2.05, 4.69) is 25.9 Å². The van der Waals surface area contributed by atoms with E-state index in [4.69, 9.17) is 5.11 Å². The number of rotatable bonds is 10. The van der Waals surface area contributed by atoms with Gasteiger partial charge in [0.15, 0.2) is 0 Å². The molecule has 0 aromatic heterocycles. The van der Waals surface area contributed by atoms with E-state index in [0.717, 1.165) is 19.3 Å². The average Bonchev–Trinajstić information content (AvgIpc) is 2.31. The Kier molecular flexibility index (Phi) is 8.44. The van der Waals surface area contributed by atoms with Crippen molar-refractivity contribution in [1.82, 2.24) is 0 Å².